The fourth-order valence-electron chi connectivity index (χ4n) is 5.33. The van der Waals surface area contributed by atoms with Gasteiger partial charge in [0, 0.05) is 49.5 Å². The Labute approximate surface area is 190 Å². The lowest BCUT2D eigenvalue weighted by atomic mass is 9.86. The predicted molar refractivity (Wildman–Crippen MR) is 128 cm³/mol. The van der Waals surface area contributed by atoms with E-state index in [1.54, 1.807) is 0 Å². The number of nitrogens with zero attached hydrogens (tertiary/aromatic N) is 2. The number of likely N-dealkylation sites (tertiary alicyclic amines) is 1. The molecule has 2 saturated heterocycles. The lowest BCUT2D eigenvalue weighted by molar-refractivity contribution is -0.117. The molecule has 2 amide bonds. The Morgan fingerprint density at radius 1 is 1.00 bits per heavy atom. The summed E-state index contributed by atoms with van der Waals surface area (Å²) in [6, 6.07) is 16.3. The van der Waals surface area contributed by atoms with Crippen LogP contribution in [0.2, 0.25) is 0 Å². The van der Waals surface area contributed by atoms with Crippen LogP contribution in [-0.2, 0) is 10.2 Å². The van der Waals surface area contributed by atoms with Crippen LogP contribution in [0.25, 0.3) is 0 Å². The van der Waals surface area contributed by atoms with Gasteiger partial charge in [-0.1, -0.05) is 32.9 Å². The summed E-state index contributed by atoms with van der Waals surface area (Å²) in [4.78, 5) is 28.7. The van der Waals surface area contributed by atoms with Crippen molar-refractivity contribution < 1.29 is 9.59 Å². The average Bonchev–Trinajstić information content (AvgIpc) is 3.09. The normalized spacial score (nSPS) is 24.6. The first-order valence-corrected chi connectivity index (χ1v) is 11.9. The largest absolute Gasteiger partial charge is 0.385 e. The summed E-state index contributed by atoms with van der Waals surface area (Å²) in [5.74, 6) is 2.25. The van der Waals surface area contributed by atoms with Gasteiger partial charge >= 0.3 is 0 Å². The zero-order valence-electron chi connectivity index (χ0n) is 19.3. The molecule has 0 aromatic heterocycles. The molecule has 0 bridgehead atoms. The number of amides is 2. The van der Waals surface area contributed by atoms with Gasteiger partial charge in [-0.2, -0.15) is 0 Å². The quantitative estimate of drug-likeness (QED) is 0.756. The molecule has 5 heteroatoms. The molecule has 0 radical (unpaired) electrons. The second kappa shape index (κ2) is 7.95. The molecule has 2 unspecified atom stereocenters. The third-order valence-electron chi connectivity index (χ3n) is 7.45. The van der Waals surface area contributed by atoms with Gasteiger partial charge in [0.05, 0.1) is 0 Å². The molecule has 2 aromatic carbocycles. The Hall–Kier alpha value is -2.82. The number of carbonyl (C=O) groups is 2. The highest BCUT2D eigenvalue weighted by Crippen LogP contribution is 2.51. The fourth-order valence-corrected chi connectivity index (χ4v) is 5.33. The summed E-state index contributed by atoms with van der Waals surface area (Å²) in [7, 11) is 0. The summed E-state index contributed by atoms with van der Waals surface area (Å²) in [5.41, 5.74) is 4.24. The van der Waals surface area contributed by atoms with E-state index in [1.807, 2.05) is 34.1 Å². The van der Waals surface area contributed by atoms with E-state index in [1.165, 1.54) is 5.56 Å². The fraction of sp³-hybridized carbons (Fsp3) is 0.481. The molecule has 168 valence electrons. The number of hydrogen-bond acceptors (Lipinski definition) is 3. The summed E-state index contributed by atoms with van der Waals surface area (Å²) in [6.07, 6.45) is 1.61. The summed E-state index contributed by atoms with van der Waals surface area (Å²) in [5, 5.41) is 3.55. The van der Waals surface area contributed by atoms with Gasteiger partial charge in [-0.3, -0.25) is 9.59 Å². The molecule has 2 heterocycles. The minimum atomic E-state index is 0.100. The zero-order chi connectivity index (χ0) is 22.5. The number of nitrogens with one attached hydrogen (secondary N) is 1. The van der Waals surface area contributed by atoms with E-state index in [2.05, 4.69) is 50.4 Å². The Morgan fingerprint density at radius 2 is 1.66 bits per heavy atom. The van der Waals surface area contributed by atoms with E-state index in [4.69, 9.17) is 0 Å². The zero-order valence-corrected chi connectivity index (χ0v) is 19.3. The van der Waals surface area contributed by atoms with E-state index in [0.717, 1.165) is 49.5 Å². The van der Waals surface area contributed by atoms with Crippen molar-refractivity contribution >= 4 is 23.2 Å². The molecule has 3 aliphatic rings. The van der Waals surface area contributed by atoms with Crippen LogP contribution in [0.5, 0.6) is 0 Å². The monoisotopic (exact) mass is 431 g/mol. The molecule has 1 N–H and O–H groups in total. The summed E-state index contributed by atoms with van der Waals surface area (Å²) < 4.78 is 0. The van der Waals surface area contributed by atoms with Crippen LogP contribution in [0.4, 0.5) is 11.4 Å². The van der Waals surface area contributed by atoms with Crippen LogP contribution in [-0.4, -0.2) is 42.9 Å². The van der Waals surface area contributed by atoms with Gasteiger partial charge in [-0.15, -0.1) is 0 Å². The van der Waals surface area contributed by atoms with Crippen LogP contribution in [0.3, 0.4) is 0 Å². The molecule has 1 aliphatic carbocycles. The van der Waals surface area contributed by atoms with Crippen molar-refractivity contribution in [2.45, 2.75) is 39.0 Å². The van der Waals surface area contributed by atoms with Gasteiger partial charge in [-0.25, -0.2) is 0 Å². The van der Waals surface area contributed by atoms with Crippen molar-refractivity contribution in [3.63, 3.8) is 0 Å². The summed E-state index contributed by atoms with van der Waals surface area (Å²) >= 11 is 0. The third-order valence-corrected chi connectivity index (χ3v) is 7.45. The highest BCUT2D eigenvalue weighted by Gasteiger charge is 2.56. The number of anilines is 2. The number of fused-ring (bicyclic) bond motifs is 1. The molecule has 2 aliphatic heterocycles. The second-order valence-electron chi connectivity index (χ2n) is 10.6. The number of hydrogen-bond donors (Lipinski definition) is 1. The van der Waals surface area contributed by atoms with Gasteiger partial charge in [0.2, 0.25) is 5.91 Å². The average molecular weight is 432 g/mol. The molecule has 5 rings (SSSR count). The van der Waals surface area contributed by atoms with Crippen LogP contribution >= 0.6 is 0 Å². The first kappa shape index (κ1) is 21.0. The van der Waals surface area contributed by atoms with E-state index < -0.39 is 0 Å². The van der Waals surface area contributed by atoms with Crippen molar-refractivity contribution in [2.24, 2.45) is 17.8 Å². The van der Waals surface area contributed by atoms with Crippen LogP contribution in [0.15, 0.2) is 48.5 Å². The molecule has 3 fully saturated rings. The number of rotatable bonds is 5. The number of benzene rings is 2. The van der Waals surface area contributed by atoms with Gasteiger partial charge in [0.25, 0.3) is 5.91 Å². The lowest BCUT2D eigenvalue weighted by Crippen LogP contribution is -2.32. The van der Waals surface area contributed by atoms with Gasteiger partial charge < -0.3 is 15.1 Å². The Balaban J connectivity index is 1.10. The maximum Gasteiger partial charge on any atom is 0.253 e. The first-order chi connectivity index (χ1) is 15.3. The first-order valence-electron chi connectivity index (χ1n) is 11.9. The smallest absolute Gasteiger partial charge is 0.253 e. The van der Waals surface area contributed by atoms with Gasteiger partial charge in [-0.05, 0) is 71.6 Å². The maximum atomic E-state index is 12.9. The lowest BCUT2D eigenvalue weighted by Gasteiger charge is -2.22. The molecular weight excluding hydrogens is 398 g/mol. The minimum absolute atomic E-state index is 0.100. The highest BCUT2D eigenvalue weighted by atomic mass is 16.2. The second-order valence-corrected chi connectivity index (χ2v) is 10.6. The molecule has 2 atom stereocenters. The van der Waals surface area contributed by atoms with Crippen molar-refractivity contribution in [3.05, 3.63) is 59.7 Å². The molecule has 1 saturated carbocycles. The topological polar surface area (TPSA) is 52.7 Å². The van der Waals surface area contributed by atoms with Gasteiger partial charge in [0.1, 0.15) is 0 Å². The summed E-state index contributed by atoms with van der Waals surface area (Å²) in [6.45, 7) is 10.1. The Morgan fingerprint density at radius 3 is 2.22 bits per heavy atom. The Bertz CT molecular complexity index is 995. The number of piperidine rings is 1. The SMILES string of the molecule is CC(C)(C)c1ccc(C(=O)N2CC3C(CNc4ccc(N5CCCC5=O)cc4)C3C2)cc1. The number of carbonyl (C=O) groups excluding carboxylic acids is 2. The van der Waals surface area contributed by atoms with Crippen molar-refractivity contribution in [1.29, 1.82) is 0 Å². The van der Waals surface area contributed by atoms with E-state index in [9.17, 15) is 9.59 Å². The van der Waals surface area contributed by atoms with Crippen LogP contribution in [0, 0.1) is 17.8 Å². The molecular formula is C27H33N3O2. The Kier molecular flexibility index (Phi) is 5.23. The molecule has 0 spiro atoms. The molecule has 5 nitrogen and oxygen atoms in total. The van der Waals surface area contributed by atoms with Gasteiger partial charge in [0.15, 0.2) is 0 Å². The van der Waals surface area contributed by atoms with Crippen molar-refractivity contribution in [2.75, 3.05) is 36.4 Å². The van der Waals surface area contributed by atoms with Crippen molar-refractivity contribution in [1.82, 2.24) is 4.90 Å². The third kappa shape index (κ3) is 4.01. The predicted octanol–water partition coefficient (Wildman–Crippen LogP) is 4.54. The van der Waals surface area contributed by atoms with E-state index in [-0.39, 0.29) is 17.2 Å². The van der Waals surface area contributed by atoms with Crippen LogP contribution in [0.1, 0.15) is 49.5 Å². The highest BCUT2D eigenvalue weighted by molar-refractivity contribution is 5.95. The van der Waals surface area contributed by atoms with Crippen molar-refractivity contribution in [3.8, 4) is 0 Å². The standard InChI is InChI=1S/C27H33N3O2/c1-27(2,3)19-8-6-18(7-9-19)26(32)29-16-23-22(24(23)17-29)15-28-20-10-12-21(13-11-20)30-14-4-5-25(30)31/h6-13,22-24,28H,4-5,14-17H2,1-3H3. The maximum absolute atomic E-state index is 12.9. The van der Waals surface area contributed by atoms with E-state index in [0.29, 0.717) is 24.2 Å². The molecule has 2 aromatic rings. The van der Waals surface area contributed by atoms with Crippen LogP contribution < -0.4 is 10.2 Å². The van der Waals surface area contributed by atoms with E-state index >= 15 is 0 Å². The minimum Gasteiger partial charge on any atom is -0.385 e. The molecule has 32 heavy (non-hydrogen) atoms.